The maximum atomic E-state index is 12.9. The van der Waals surface area contributed by atoms with E-state index in [4.69, 9.17) is 0 Å². The summed E-state index contributed by atoms with van der Waals surface area (Å²) in [5.41, 5.74) is 0.135. The van der Waals surface area contributed by atoms with Crippen LogP contribution in [0.5, 0.6) is 0 Å². The highest BCUT2D eigenvalue weighted by Gasteiger charge is 2.19. The summed E-state index contributed by atoms with van der Waals surface area (Å²) in [5, 5.41) is 3.95. The molecule has 0 bridgehead atoms. The van der Waals surface area contributed by atoms with Crippen molar-refractivity contribution in [1.29, 1.82) is 0 Å². The number of hydrogen-bond donors (Lipinski definition) is 1. The Labute approximate surface area is 127 Å². The molecule has 2 aromatic rings. The fraction of sp³-hybridized carbons (Fsp3) is 0.385. The van der Waals surface area contributed by atoms with Crippen molar-refractivity contribution < 1.29 is 17.2 Å². The van der Waals surface area contributed by atoms with Gasteiger partial charge in [-0.25, -0.2) is 31.6 Å². The van der Waals surface area contributed by atoms with Crippen molar-refractivity contribution in [2.24, 2.45) is 0 Å². The van der Waals surface area contributed by atoms with Crippen LogP contribution in [0.15, 0.2) is 29.3 Å². The highest BCUT2D eigenvalue weighted by Crippen LogP contribution is 2.22. The molecule has 0 saturated heterocycles. The van der Waals surface area contributed by atoms with Gasteiger partial charge in [0.2, 0.25) is 10.0 Å². The van der Waals surface area contributed by atoms with Crippen LogP contribution in [0.4, 0.5) is 8.78 Å². The third kappa shape index (κ3) is 3.47. The number of sulfonamides is 1. The lowest BCUT2D eigenvalue weighted by molar-refractivity contribution is 0.142. The first-order valence-corrected chi connectivity index (χ1v) is 8.02. The van der Waals surface area contributed by atoms with Gasteiger partial charge in [0.05, 0.1) is 5.69 Å². The van der Waals surface area contributed by atoms with Crippen molar-refractivity contribution in [2.45, 2.75) is 38.1 Å². The van der Waals surface area contributed by atoms with Crippen LogP contribution >= 0.6 is 0 Å². The van der Waals surface area contributed by atoms with Crippen LogP contribution in [-0.4, -0.2) is 29.2 Å². The minimum Gasteiger partial charge on any atom is -0.236 e. The Hall–Kier alpha value is -1.87. The molecule has 0 aromatic carbocycles. The second-order valence-electron chi connectivity index (χ2n) is 5.05. The van der Waals surface area contributed by atoms with Crippen LogP contribution in [0.3, 0.4) is 0 Å². The molecule has 0 fully saturated rings. The monoisotopic (exact) mass is 330 g/mol. The molecule has 120 valence electrons. The van der Waals surface area contributed by atoms with Crippen molar-refractivity contribution in [1.82, 2.24) is 19.5 Å². The van der Waals surface area contributed by atoms with Crippen molar-refractivity contribution >= 4 is 10.0 Å². The van der Waals surface area contributed by atoms with Gasteiger partial charge in [0.25, 0.3) is 6.43 Å². The Kier molecular flexibility index (Phi) is 4.57. The second-order valence-corrected chi connectivity index (χ2v) is 6.77. The van der Waals surface area contributed by atoms with Crippen molar-refractivity contribution in [3.8, 4) is 5.82 Å². The summed E-state index contributed by atoms with van der Waals surface area (Å²) in [4.78, 5) is 3.89. The molecule has 0 aliphatic heterocycles. The highest BCUT2D eigenvalue weighted by atomic mass is 32.2. The summed E-state index contributed by atoms with van der Waals surface area (Å²) in [6.45, 7) is 4.98. The Morgan fingerprint density at radius 2 is 1.95 bits per heavy atom. The quantitative estimate of drug-likeness (QED) is 0.912. The lowest BCUT2D eigenvalue weighted by Crippen LogP contribution is -2.30. The van der Waals surface area contributed by atoms with Crippen LogP contribution in [-0.2, 0) is 10.0 Å². The van der Waals surface area contributed by atoms with Crippen molar-refractivity contribution in [3.05, 3.63) is 35.8 Å². The van der Waals surface area contributed by atoms with Crippen molar-refractivity contribution in [2.75, 3.05) is 0 Å². The Bertz CT molecular complexity index is 755. The molecule has 0 aliphatic rings. The lowest BCUT2D eigenvalue weighted by atomic mass is 10.4. The summed E-state index contributed by atoms with van der Waals surface area (Å²) in [6.07, 6.45) is -1.58. The van der Waals surface area contributed by atoms with Gasteiger partial charge in [-0.3, -0.25) is 0 Å². The number of aryl methyl sites for hydroxylation is 1. The van der Waals surface area contributed by atoms with E-state index in [-0.39, 0.29) is 22.4 Å². The first-order valence-electron chi connectivity index (χ1n) is 6.54. The van der Waals surface area contributed by atoms with E-state index in [1.807, 2.05) is 0 Å². The molecule has 2 rings (SSSR count). The molecule has 0 saturated carbocycles. The van der Waals surface area contributed by atoms with Gasteiger partial charge in [0.1, 0.15) is 10.6 Å². The number of nitrogens with zero attached hydrogens (tertiary/aromatic N) is 3. The fourth-order valence-electron chi connectivity index (χ4n) is 1.89. The van der Waals surface area contributed by atoms with E-state index < -0.39 is 16.4 Å². The molecule has 2 aromatic heterocycles. The molecule has 1 N–H and O–H groups in total. The molecule has 22 heavy (non-hydrogen) atoms. The average molecular weight is 330 g/mol. The minimum atomic E-state index is -3.67. The van der Waals surface area contributed by atoms with E-state index in [1.54, 1.807) is 20.8 Å². The number of halogens is 2. The molecule has 6 nitrogen and oxygen atoms in total. The molecule has 0 radical (unpaired) electrons. The van der Waals surface area contributed by atoms with Crippen LogP contribution < -0.4 is 4.72 Å². The van der Waals surface area contributed by atoms with Gasteiger partial charge in [-0.15, -0.1) is 0 Å². The van der Waals surface area contributed by atoms with E-state index in [0.29, 0.717) is 5.69 Å². The standard InChI is InChI=1S/C13H16F2N4O2S/c1-8(2)18-22(20,21)10-4-5-12(16-7-10)19-11(13(14)15)6-9(3)17-19/h4-8,13,18H,1-3H3. The van der Waals surface area contributed by atoms with Gasteiger partial charge < -0.3 is 0 Å². The summed E-state index contributed by atoms with van der Waals surface area (Å²) >= 11 is 0. The zero-order chi connectivity index (χ0) is 16.5. The van der Waals surface area contributed by atoms with Crippen LogP contribution in [0, 0.1) is 6.92 Å². The van der Waals surface area contributed by atoms with E-state index in [2.05, 4.69) is 14.8 Å². The van der Waals surface area contributed by atoms with Gasteiger partial charge >= 0.3 is 0 Å². The zero-order valence-corrected chi connectivity index (χ0v) is 13.1. The SMILES string of the molecule is Cc1cc(C(F)F)n(-c2ccc(S(=O)(=O)NC(C)C)cn2)n1. The predicted molar refractivity (Wildman–Crippen MR) is 76.5 cm³/mol. The Morgan fingerprint density at radius 1 is 1.27 bits per heavy atom. The largest absolute Gasteiger partial charge is 0.280 e. The zero-order valence-electron chi connectivity index (χ0n) is 12.3. The number of alkyl halides is 2. The lowest BCUT2D eigenvalue weighted by Gasteiger charge is -2.10. The average Bonchev–Trinajstić information content (AvgIpc) is 2.80. The normalized spacial score (nSPS) is 12.3. The number of rotatable bonds is 5. The molecule has 9 heteroatoms. The third-order valence-corrected chi connectivity index (χ3v) is 4.37. The summed E-state index contributed by atoms with van der Waals surface area (Å²) in [5.74, 6) is 0.131. The number of nitrogens with one attached hydrogen (secondary N) is 1. The van der Waals surface area contributed by atoms with E-state index in [1.165, 1.54) is 18.2 Å². The predicted octanol–water partition coefficient (Wildman–Crippen LogP) is 2.20. The molecule has 0 unspecified atom stereocenters. The van der Waals surface area contributed by atoms with Gasteiger partial charge in [0, 0.05) is 12.2 Å². The van der Waals surface area contributed by atoms with E-state index in [0.717, 1.165) is 10.9 Å². The van der Waals surface area contributed by atoms with E-state index >= 15 is 0 Å². The summed E-state index contributed by atoms with van der Waals surface area (Å²) in [6, 6.07) is 3.65. The maximum absolute atomic E-state index is 12.9. The second kappa shape index (κ2) is 6.09. The summed E-state index contributed by atoms with van der Waals surface area (Å²) < 4.78 is 53.3. The fourth-order valence-corrected chi connectivity index (χ4v) is 3.09. The number of hydrogen-bond acceptors (Lipinski definition) is 4. The van der Waals surface area contributed by atoms with Gasteiger partial charge in [-0.05, 0) is 39.0 Å². The Balaban J connectivity index is 2.38. The molecule has 0 spiro atoms. The highest BCUT2D eigenvalue weighted by molar-refractivity contribution is 7.89. The first-order chi connectivity index (χ1) is 10.2. The maximum Gasteiger partial charge on any atom is 0.280 e. The molecule has 0 atom stereocenters. The number of aromatic nitrogens is 3. The van der Waals surface area contributed by atoms with Crippen LogP contribution in [0.1, 0.15) is 31.7 Å². The summed E-state index contributed by atoms with van der Waals surface area (Å²) in [7, 11) is -3.67. The molecule has 0 amide bonds. The van der Waals surface area contributed by atoms with Gasteiger partial charge in [0.15, 0.2) is 5.82 Å². The molecular formula is C13H16F2N4O2S. The first kappa shape index (κ1) is 16.5. The minimum absolute atomic E-state index is 0.0348. The van der Waals surface area contributed by atoms with Crippen LogP contribution in [0.25, 0.3) is 5.82 Å². The van der Waals surface area contributed by atoms with Gasteiger partial charge in [-0.1, -0.05) is 0 Å². The van der Waals surface area contributed by atoms with E-state index in [9.17, 15) is 17.2 Å². The van der Waals surface area contributed by atoms with Crippen molar-refractivity contribution in [3.63, 3.8) is 0 Å². The third-order valence-electron chi connectivity index (χ3n) is 2.72. The number of pyridine rings is 1. The molecular weight excluding hydrogens is 314 g/mol. The smallest absolute Gasteiger partial charge is 0.236 e. The van der Waals surface area contributed by atoms with Crippen LogP contribution in [0.2, 0.25) is 0 Å². The van der Waals surface area contributed by atoms with Gasteiger partial charge in [-0.2, -0.15) is 5.10 Å². The molecule has 0 aliphatic carbocycles. The topological polar surface area (TPSA) is 76.9 Å². The molecule has 2 heterocycles. The Morgan fingerprint density at radius 3 is 2.45 bits per heavy atom.